The van der Waals surface area contributed by atoms with Crippen molar-refractivity contribution in [1.29, 1.82) is 0 Å². The van der Waals surface area contributed by atoms with Crippen LogP contribution in [0.3, 0.4) is 0 Å². The van der Waals surface area contributed by atoms with Gasteiger partial charge in [0.25, 0.3) is 5.92 Å². The maximum absolute atomic E-state index is 13.0. The molecular formula is C9H8F2O3. The topological polar surface area (TPSA) is 50.4 Å². The Kier molecular flexibility index (Phi) is 1.54. The van der Waals surface area contributed by atoms with Crippen LogP contribution in [0.15, 0.2) is 16.7 Å². The summed E-state index contributed by atoms with van der Waals surface area (Å²) in [6, 6.07) is 1.48. The second-order valence-electron chi connectivity index (χ2n) is 3.52. The predicted octanol–water partition coefficient (Wildman–Crippen LogP) is 1.95. The minimum absolute atomic E-state index is 0.130. The second-order valence-corrected chi connectivity index (χ2v) is 3.52. The molecule has 1 aliphatic rings. The lowest BCUT2D eigenvalue weighted by molar-refractivity contribution is -0.143. The number of carboxylic acid groups (broad SMARTS) is 1. The first-order valence-electron chi connectivity index (χ1n) is 4.07. The molecule has 1 atom stereocenters. The molecule has 1 N–H and O–H groups in total. The zero-order valence-corrected chi connectivity index (χ0v) is 7.38. The summed E-state index contributed by atoms with van der Waals surface area (Å²) in [6.45, 7) is 1.55. The summed E-state index contributed by atoms with van der Waals surface area (Å²) in [5.74, 6) is -4.85. The molecule has 1 fully saturated rings. The molecule has 14 heavy (non-hydrogen) atoms. The SMILES string of the molecule is Cc1ccoc1C1(C(=O)O)CC1(F)F. The number of rotatable bonds is 2. The molecule has 0 bridgehead atoms. The van der Waals surface area contributed by atoms with Crippen molar-refractivity contribution in [3.63, 3.8) is 0 Å². The summed E-state index contributed by atoms with van der Waals surface area (Å²) in [7, 11) is 0. The van der Waals surface area contributed by atoms with E-state index in [2.05, 4.69) is 0 Å². The molecule has 0 aromatic carbocycles. The Morgan fingerprint density at radius 1 is 1.64 bits per heavy atom. The van der Waals surface area contributed by atoms with Crippen LogP contribution < -0.4 is 0 Å². The van der Waals surface area contributed by atoms with Crippen LogP contribution >= 0.6 is 0 Å². The van der Waals surface area contributed by atoms with Crippen LogP contribution in [0.5, 0.6) is 0 Å². The second kappa shape index (κ2) is 2.34. The molecule has 0 saturated heterocycles. The molecular weight excluding hydrogens is 194 g/mol. The lowest BCUT2D eigenvalue weighted by Gasteiger charge is -2.08. The van der Waals surface area contributed by atoms with E-state index in [0.29, 0.717) is 5.56 Å². The van der Waals surface area contributed by atoms with E-state index in [1.54, 1.807) is 6.92 Å². The van der Waals surface area contributed by atoms with Crippen molar-refractivity contribution >= 4 is 5.97 Å². The lowest BCUT2D eigenvalue weighted by Crippen LogP contribution is -2.27. The summed E-state index contributed by atoms with van der Waals surface area (Å²) in [5, 5.41) is 8.80. The summed E-state index contributed by atoms with van der Waals surface area (Å²) < 4.78 is 30.8. The maximum atomic E-state index is 13.0. The number of aliphatic carboxylic acids is 1. The van der Waals surface area contributed by atoms with Crippen LogP contribution in [0.25, 0.3) is 0 Å². The Morgan fingerprint density at radius 2 is 2.21 bits per heavy atom. The lowest BCUT2D eigenvalue weighted by atomic mass is 10.00. The van der Waals surface area contributed by atoms with Crippen molar-refractivity contribution in [3.05, 3.63) is 23.7 Å². The number of furan rings is 1. The van der Waals surface area contributed by atoms with Gasteiger partial charge in [-0.3, -0.25) is 4.79 Å². The van der Waals surface area contributed by atoms with Gasteiger partial charge in [-0.1, -0.05) is 0 Å². The number of hydrogen-bond donors (Lipinski definition) is 1. The van der Waals surface area contributed by atoms with Crippen molar-refractivity contribution in [1.82, 2.24) is 0 Å². The fourth-order valence-electron chi connectivity index (χ4n) is 1.67. The minimum atomic E-state index is -3.19. The zero-order valence-electron chi connectivity index (χ0n) is 7.38. The number of alkyl halides is 2. The van der Waals surface area contributed by atoms with Crippen LogP contribution in [-0.4, -0.2) is 17.0 Å². The van der Waals surface area contributed by atoms with E-state index in [1.165, 1.54) is 12.3 Å². The Balaban J connectivity index is 2.52. The quantitative estimate of drug-likeness (QED) is 0.797. The van der Waals surface area contributed by atoms with E-state index in [4.69, 9.17) is 9.52 Å². The highest BCUT2D eigenvalue weighted by Crippen LogP contribution is 2.62. The molecule has 1 saturated carbocycles. The molecule has 0 spiro atoms. The van der Waals surface area contributed by atoms with Crippen molar-refractivity contribution in [2.24, 2.45) is 0 Å². The summed E-state index contributed by atoms with van der Waals surface area (Å²) >= 11 is 0. The summed E-state index contributed by atoms with van der Waals surface area (Å²) in [5.41, 5.74) is -1.68. The molecule has 3 nitrogen and oxygen atoms in total. The van der Waals surface area contributed by atoms with E-state index in [9.17, 15) is 13.6 Å². The molecule has 1 aromatic heterocycles. The van der Waals surface area contributed by atoms with E-state index >= 15 is 0 Å². The molecule has 1 heterocycles. The van der Waals surface area contributed by atoms with Crippen LogP contribution in [0, 0.1) is 6.92 Å². The summed E-state index contributed by atoms with van der Waals surface area (Å²) in [6.07, 6.45) is 0.549. The van der Waals surface area contributed by atoms with Gasteiger partial charge in [0.1, 0.15) is 5.76 Å². The van der Waals surface area contributed by atoms with E-state index < -0.39 is 23.7 Å². The standard InChI is InChI=1S/C9H8F2O3/c1-5-2-3-14-6(5)8(7(12)13)4-9(8,10)11/h2-3H,4H2,1H3,(H,12,13). The molecule has 1 aromatic rings. The van der Waals surface area contributed by atoms with E-state index in [0.717, 1.165) is 0 Å². The number of carboxylic acids is 1. The molecule has 2 rings (SSSR count). The van der Waals surface area contributed by atoms with Crippen LogP contribution in [0.4, 0.5) is 8.78 Å². The Hall–Kier alpha value is -1.39. The number of hydrogen-bond acceptors (Lipinski definition) is 2. The van der Waals surface area contributed by atoms with Gasteiger partial charge in [0.05, 0.1) is 6.26 Å². The Morgan fingerprint density at radius 3 is 2.50 bits per heavy atom. The van der Waals surface area contributed by atoms with Crippen molar-refractivity contribution in [3.8, 4) is 0 Å². The van der Waals surface area contributed by atoms with Gasteiger partial charge in [0.2, 0.25) is 0 Å². The molecule has 0 radical (unpaired) electrons. The maximum Gasteiger partial charge on any atom is 0.323 e. The van der Waals surface area contributed by atoms with Crippen molar-refractivity contribution < 1.29 is 23.1 Å². The van der Waals surface area contributed by atoms with E-state index in [1.807, 2.05) is 0 Å². The highest BCUT2D eigenvalue weighted by atomic mass is 19.3. The van der Waals surface area contributed by atoms with Crippen LogP contribution in [0.1, 0.15) is 17.7 Å². The third-order valence-electron chi connectivity index (χ3n) is 2.60. The third kappa shape index (κ3) is 0.867. The fourth-order valence-corrected chi connectivity index (χ4v) is 1.67. The smallest absolute Gasteiger partial charge is 0.323 e. The number of carbonyl (C=O) groups is 1. The molecule has 5 heteroatoms. The van der Waals surface area contributed by atoms with Gasteiger partial charge in [0.15, 0.2) is 5.41 Å². The monoisotopic (exact) mass is 202 g/mol. The molecule has 0 aliphatic heterocycles. The first-order valence-corrected chi connectivity index (χ1v) is 4.07. The Labute approximate surface area is 78.3 Å². The third-order valence-corrected chi connectivity index (χ3v) is 2.60. The average molecular weight is 202 g/mol. The number of halogens is 2. The normalized spacial score (nSPS) is 28.8. The molecule has 76 valence electrons. The predicted molar refractivity (Wildman–Crippen MR) is 42.3 cm³/mol. The van der Waals surface area contributed by atoms with Gasteiger partial charge in [-0.05, 0) is 18.6 Å². The largest absolute Gasteiger partial charge is 0.480 e. The van der Waals surface area contributed by atoms with Crippen LogP contribution in [-0.2, 0) is 10.2 Å². The average Bonchev–Trinajstić information content (AvgIpc) is 2.44. The van der Waals surface area contributed by atoms with Crippen molar-refractivity contribution in [2.45, 2.75) is 24.7 Å². The highest BCUT2D eigenvalue weighted by molar-refractivity contribution is 5.87. The van der Waals surface area contributed by atoms with Gasteiger partial charge >= 0.3 is 5.97 Å². The van der Waals surface area contributed by atoms with Gasteiger partial charge in [-0.15, -0.1) is 0 Å². The van der Waals surface area contributed by atoms with Crippen molar-refractivity contribution in [2.75, 3.05) is 0 Å². The number of aryl methyl sites for hydroxylation is 1. The van der Waals surface area contributed by atoms with Crippen LogP contribution in [0.2, 0.25) is 0 Å². The molecule has 1 aliphatic carbocycles. The highest BCUT2D eigenvalue weighted by Gasteiger charge is 2.79. The molecule has 1 unspecified atom stereocenters. The van der Waals surface area contributed by atoms with Gasteiger partial charge in [0, 0.05) is 6.42 Å². The van der Waals surface area contributed by atoms with Gasteiger partial charge < -0.3 is 9.52 Å². The van der Waals surface area contributed by atoms with E-state index in [-0.39, 0.29) is 5.76 Å². The fraction of sp³-hybridized carbons (Fsp3) is 0.444. The zero-order chi connectivity index (χ0) is 10.6. The molecule has 0 amide bonds. The first-order chi connectivity index (χ1) is 6.42. The summed E-state index contributed by atoms with van der Waals surface area (Å²) in [4.78, 5) is 10.8. The Bertz CT molecular complexity index is 397. The minimum Gasteiger partial charge on any atom is -0.480 e. The van der Waals surface area contributed by atoms with Gasteiger partial charge in [-0.2, -0.15) is 0 Å². The van der Waals surface area contributed by atoms with Gasteiger partial charge in [-0.25, -0.2) is 8.78 Å². The first kappa shape index (κ1) is 9.18.